The van der Waals surface area contributed by atoms with Gasteiger partial charge in [-0.1, -0.05) is 19.8 Å². The van der Waals surface area contributed by atoms with E-state index in [1.165, 1.54) is 24.3 Å². The molecule has 2 bridgehead atoms. The molecule has 0 aromatic heterocycles. The summed E-state index contributed by atoms with van der Waals surface area (Å²) in [6, 6.07) is 6.18. The highest BCUT2D eigenvalue weighted by Gasteiger charge is 2.60. The molecule has 2 amide bonds. The molecule has 0 unspecified atom stereocenters. The van der Waals surface area contributed by atoms with E-state index in [2.05, 4.69) is 6.92 Å². The number of amides is 2. The van der Waals surface area contributed by atoms with E-state index in [9.17, 15) is 14.0 Å². The molecule has 2 heterocycles. The van der Waals surface area contributed by atoms with Crippen molar-refractivity contribution in [3.63, 3.8) is 0 Å². The average Bonchev–Trinajstić information content (AvgIpc) is 2.75. The fraction of sp³-hybridized carbons (Fsp3) is 0.619. The lowest BCUT2D eigenvalue weighted by atomic mass is 9.71. The van der Waals surface area contributed by atoms with Crippen molar-refractivity contribution in [2.45, 2.75) is 64.1 Å². The predicted molar refractivity (Wildman–Crippen MR) is 98.7 cm³/mol. The lowest BCUT2D eigenvalue weighted by Crippen LogP contribution is -2.56. The highest BCUT2D eigenvalue weighted by molar-refractivity contribution is 5.79. The molecule has 1 saturated carbocycles. The van der Waals surface area contributed by atoms with Gasteiger partial charge in [0.05, 0.1) is 6.04 Å². The Kier molecular flexibility index (Phi) is 4.60. The van der Waals surface area contributed by atoms with Crippen LogP contribution in [0.3, 0.4) is 0 Å². The first-order chi connectivity index (χ1) is 12.9. The summed E-state index contributed by atoms with van der Waals surface area (Å²) in [5.74, 6) is 0.223. The molecule has 0 N–H and O–H groups in total. The van der Waals surface area contributed by atoms with Gasteiger partial charge >= 0.3 is 0 Å². The third-order valence-corrected chi connectivity index (χ3v) is 6.78. The Morgan fingerprint density at radius 3 is 2.52 bits per heavy atom. The van der Waals surface area contributed by atoms with Crippen LogP contribution in [0.25, 0.3) is 0 Å². The lowest BCUT2D eigenvalue weighted by molar-refractivity contribution is -0.141. The van der Waals surface area contributed by atoms with Crippen LogP contribution in [0.2, 0.25) is 0 Å². The zero-order chi connectivity index (χ0) is 19.2. The van der Waals surface area contributed by atoms with Crippen molar-refractivity contribution in [1.82, 2.24) is 9.80 Å². The number of likely N-dealkylation sites (tertiary alicyclic amines) is 2. The number of halogens is 1. The van der Waals surface area contributed by atoms with E-state index in [0.717, 1.165) is 32.1 Å². The van der Waals surface area contributed by atoms with Crippen molar-refractivity contribution < 1.29 is 18.7 Å². The van der Waals surface area contributed by atoms with Gasteiger partial charge in [0, 0.05) is 31.0 Å². The van der Waals surface area contributed by atoms with Crippen molar-refractivity contribution >= 4 is 11.8 Å². The van der Waals surface area contributed by atoms with Gasteiger partial charge in [-0.3, -0.25) is 9.59 Å². The van der Waals surface area contributed by atoms with E-state index in [4.69, 9.17) is 4.74 Å². The number of hydrogen-bond donors (Lipinski definition) is 0. The SMILES string of the molecule is CC(=O)N1[C@@H]2CN(C(=O)COc3ccc(F)cc3)[C@@H]3CCCC[C@H]1[C@]3(C)C2. The Labute approximate surface area is 159 Å². The van der Waals surface area contributed by atoms with Gasteiger partial charge in [0.15, 0.2) is 6.61 Å². The molecule has 27 heavy (non-hydrogen) atoms. The van der Waals surface area contributed by atoms with Crippen LogP contribution in [0.15, 0.2) is 24.3 Å². The fourth-order valence-electron chi connectivity index (χ4n) is 5.68. The minimum Gasteiger partial charge on any atom is -0.484 e. The normalized spacial score (nSPS) is 32.2. The molecule has 3 fully saturated rings. The topological polar surface area (TPSA) is 49.9 Å². The standard InChI is InChI=1S/C21H27FN2O3/c1-14(25)24-16-11-21(2)18(5-3-4-6-19(21)24)23(12-16)20(26)13-27-17-9-7-15(22)8-10-17/h7-10,16,18-19H,3-6,11-13H2,1-2H3/t16-,18+,19-,21+/m0/s1. The molecule has 0 spiro atoms. The number of carbonyl (C=O) groups is 2. The van der Waals surface area contributed by atoms with Crippen LogP contribution in [-0.2, 0) is 9.59 Å². The van der Waals surface area contributed by atoms with E-state index in [-0.39, 0.29) is 47.8 Å². The molecule has 1 aliphatic carbocycles. The van der Waals surface area contributed by atoms with Crippen molar-refractivity contribution in [2.75, 3.05) is 13.2 Å². The number of hydrogen-bond acceptors (Lipinski definition) is 3. The summed E-state index contributed by atoms with van der Waals surface area (Å²) < 4.78 is 18.6. The van der Waals surface area contributed by atoms with Crippen LogP contribution in [0.1, 0.15) is 46.0 Å². The number of carbonyl (C=O) groups excluding carboxylic acids is 2. The molecule has 2 aliphatic heterocycles. The number of fused-ring (bicyclic) bond motifs is 1. The zero-order valence-electron chi connectivity index (χ0n) is 16.0. The Morgan fingerprint density at radius 1 is 1.19 bits per heavy atom. The molecule has 3 aliphatic rings. The van der Waals surface area contributed by atoms with Gasteiger partial charge in [0.1, 0.15) is 11.6 Å². The van der Waals surface area contributed by atoms with Gasteiger partial charge in [-0.15, -0.1) is 0 Å². The van der Waals surface area contributed by atoms with Gasteiger partial charge in [-0.05, 0) is 43.5 Å². The Morgan fingerprint density at radius 2 is 1.85 bits per heavy atom. The lowest BCUT2D eigenvalue weighted by Gasteiger charge is -2.46. The second-order valence-corrected chi connectivity index (χ2v) is 8.39. The molecule has 4 atom stereocenters. The maximum absolute atomic E-state index is 13.0. The third kappa shape index (κ3) is 3.09. The molecular weight excluding hydrogens is 347 g/mol. The molecular formula is C21H27FN2O3. The van der Waals surface area contributed by atoms with Crippen LogP contribution < -0.4 is 4.74 Å². The van der Waals surface area contributed by atoms with Crippen LogP contribution in [0.5, 0.6) is 5.75 Å². The highest BCUT2D eigenvalue weighted by atomic mass is 19.1. The minimum atomic E-state index is -0.331. The summed E-state index contributed by atoms with van der Waals surface area (Å²) in [6.45, 7) is 4.43. The minimum absolute atomic E-state index is 0.0450. The second kappa shape index (κ2) is 6.80. The average molecular weight is 374 g/mol. The summed E-state index contributed by atoms with van der Waals surface area (Å²) in [7, 11) is 0. The molecule has 1 aromatic carbocycles. The van der Waals surface area contributed by atoms with E-state index >= 15 is 0 Å². The molecule has 146 valence electrons. The summed E-state index contributed by atoms with van der Waals surface area (Å²) in [5, 5.41) is 0. The smallest absolute Gasteiger partial charge is 0.260 e. The Hall–Kier alpha value is -2.11. The number of rotatable bonds is 3. The van der Waals surface area contributed by atoms with E-state index < -0.39 is 0 Å². The summed E-state index contributed by atoms with van der Waals surface area (Å²) >= 11 is 0. The van der Waals surface area contributed by atoms with Gasteiger partial charge in [-0.2, -0.15) is 0 Å². The van der Waals surface area contributed by atoms with E-state index in [1.807, 2.05) is 9.80 Å². The zero-order valence-corrected chi connectivity index (χ0v) is 16.0. The molecule has 1 aromatic rings. The number of benzene rings is 1. The predicted octanol–water partition coefficient (Wildman–Crippen LogP) is 2.99. The van der Waals surface area contributed by atoms with Crippen LogP contribution in [0, 0.1) is 11.2 Å². The number of piperidine rings is 1. The highest BCUT2D eigenvalue weighted by Crippen LogP contribution is 2.53. The third-order valence-electron chi connectivity index (χ3n) is 6.78. The molecule has 5 nitrogen and oxygen atoms in total. The van der Waals surface area contributed by atoms with Gasteiger partial charge in [-0.25, -0.2) is 4.39 Å². The van der Waals surface area contributed by atoms with Crippen LogP contribution >= 0.6 is 0 Å². The molecule has 4 rings (SSSR count). The number of ether oxygens (including phenoxy) is 1. The second-order valence-electron chi connectivity index (χ2n) is 8.39. The van der Waals surface area contributed by atoms with Gasteiger partial charge in [0.25, 0.3) is 5.91 Å². The first kappa shape index (κ1) is 18.3. The summed E-state index contributed by atoms with van der Waals surface area (Å²) in [4.78, 5) is 29.3. The summed E-state index contributed by atoms with van der Waals surface area (Å²) in [6.07, 6.45) is 5.16. The van der Waals surface area contributed by atoms with Crippen molar-refractivity contribution in [1.29, 1.82) is 0 Å². The molecule has 0 radical (unpaired) electrons. The molecule has 2 saturated heterocycles. The number of nitrogens with zero attached hydrogens (tertiary/aromatic N) is 2. The fourth-order valence-corrected chi connectivity index (χ4v) is 5.68. The summed E-state index contributed by atoms with van der Waals surface area (Å²) in [5.41, 5.74) is -0.0450. The maximum Gasteiger partial charge on any atom is 0.260 e. The van der Waals surface area contributed by atoms with E-state index in [1.54, 1.807) is 6.92 Å². The largest absolute Gasteiger partial charge is 0.484 e. The van der Waals surface area contributed by atoms with E-state index in [0.29, 0.717) is 12.3 Å². The Bertz CT molecular complexity index is 737. The first-order valence-electron chi connectivity index (χ1n) is 9.87. The van der Waals surface area contributed by atoms with Crippen molar-refractivity contribution in [3.05, 3.63) is 30.1 Å². The van der Waals surface area contributed by atoms with Crippen molar-refractivity contribution in [3.8, 4) is 5.75 Å². The Balaban J connectivity index is 1.53. The monoisotopic (exact) mass is 374 g/mol. The molecule has 6 heteroatoms. The van der Waals surface area contributed by atoms with Crippen molar-refractivity contribution in [2.24, 2.45) is 5.41 Å². The first-order valence-corrected chi connectivity index (χ1v) is 9.87. The van der Waals surface area contributed by atoms with Crippen LogP contribution in [0.4, 0.5) is 4.39 Å². The quantitative estimate of drug-likeness (QED) is 0.817. The van der Waals surface area contributed by atoms with Gasteiger partial charge in [0.2, 0.25) is 5.91 Å². The van der Waals surface area contributed by atoms with Gasteiger partial charge < -0.3 is 14.5 Å². The van der Waals surface area contributed by atoms with Crippen LogP contribution in [-0.4, -0.2) is 52.9 Å². The maximum atomic E-state index is 13.0.